The minimum atomic E-state index is -0.498. The number of hydrogen-bond acceptors (Lipinski definition) is 5. The lowest BCUT2D eigenvalue weighted by molar-refractivity contribution is -0.140. The molecular weight excluding hydrogens is 356 g/mol. The molecule has 2 aliphatic rings. The summed E-state index contributed by atoms with van der Waals surface area (Å²) < 4.78 is 10.8. The van der Waals surface area contributed by atoms with Crippen LogP contribution in [-0.4, -0.2) is 47.7 Å². The number of carbonyl (C=O) groups is 1. The second-order valence-corrected chi connectivity index (χ2v) is 9.32. The third-order valence-corrected chi connectivity index (χ3v) is 6.67. The molecule has 28 heavy (non-hydrogen) atoms. The Labute approximate surface area is 170 Å². The van der Waals surface area contributed by atoms with Crippen LogP contribution in [0.5, 0.6) is 0 Å². The molecule has 2 N–H and O–H groups in total. The van der Waals surface area contributed by atoms with Crippen LogP contribution in [0, 0.1) is 17.3 Å². The molecule has 0 aromatic heterocycles. The summed E-state index contributed by atoms with van der Waals surface area (Å²) in [6.07, 6.45) is 11.4. The van der Waals surface area contributed by atoms with Crippen molar-refractivity contribution in [3.63, 3.8) is 0 Å². The van der Waals surface area contributed by atoms with Crippen LogP contribution in [0.15, 0.2) is 12.2 Å². The van der Waals surface area contributed by atoms with Gasteiger partial charge in [0.15, 0.2) is 0 Å². The van der Waals surface area contributed by atoms with Gasteiger partial charge in [-0.1, -0.05) is 52.2 Å². The fraction of sp³-hybridized carbons (Fsp3) is 0.870. The second kappa shape index (κ2) is 10.7. The first-order valence-corrected chi connectivity index (χ1v) is 11.0. The third kappa shape index (κ3) is 6.30. The lowest BCUT2D eigenvalue weighted by atomic mass is 9.80. The van der Waals surface area contributed by atoms with Crippen LogP contribution in [0.4, 0.5) is 0 Å². The summed E-state index contributed by atoms with van der Waals surface area (Å²) in [5, 5.41) is 21.1. The van der Waals surface area contributed by atoms with Crippen LogP contribution < -0.4 is 0 Å². The number of rotatable bonds is 11. The van der Waals surface area contributed by atoms with Gasteiger partial charge in [0.25, 0.3) is 0 Å². The van der Waals surface area contributed by atoms with E-state index < -0.39 is 12.2 Å². The van der Waals surface area contributed by atoms with Gasteiger partial charge in [-0.05, 0) is 37.0 Å². The summed E-state index contributed by atoms with van der Waals surface area (Å²) >= 11 is 0. The van der Waals surface area contributed by atoms with Crippen LogP contribution in [0.25, 0.3) is 0 Å². The van der Waals surface area contributed by atoms with E-state index in [1.54, 1.807) is 0 Å². The number of carbonyl (C=O) groups excluding carboxylic acids is 1. The fourth-order valence-electron chi connectivity index (χ4n) is 4.65. The lowest BCUT2D eigenvalue weighted by Gasteiger charge is -2.29. The Hall–Kier alpha value is -0.910. The Morgan fingerprint density at radius 3 is 2.71 bits per heavy atom. The van der Waals surface area contributed by atoms with Gasteiger partial charge in [0.2, 0.25) is 0 Å². The van der Waals surface area contributed by atoms with Crippen molar-refractivity contribution in [3.05, 3.63) is 12.2 Å². The Kier molecular flexibility index (Phi) is 8.97. The number of ether oxygens (including phenoxy) is 2. The maximum Gasteiger partial charge on any atom is 0.305 e. The molecule has 5 heteroatoms. The number of esters is 1. The van der Waals surface area contributed by atoms with E-state index in [0.717, 1.165) is 44.9 Å². The maximum atomic E-state index is 11.2. The highest BCUT2D eigenvalue weighted by atomic mass is 16.5. The predicted octanol–water partition coefficient (Wildman–Crippen LogP) is 4.01. The molecule has 0 aromatic rings. The average molecular weight is 397 g/mol. The number of hydrogen-bond donors (Lipinski definition) is 2. The summed E-state index contributed by atoms with van der Waals surface area (Å²) in [7, 11) is 1.42. The number of fused-ring (bicyclic) bond motifs is 1. The van der Waals surface area contributed by atoms with Gasteiger partial charge in [-0.15, -0.1) is 0 Å². The van der Waals surface area contributed by atoms with Crippen LogP contribution >= 0.6 is 0 Å². The predicted molar refractivity (Wildman–Crippen MR) is 110 cm³/mol. The van der Waals surface area contributed by atoms with Gasteiger partial charge in [0.1, 0.15) is 0 Å². The average Bonchev–Trinajstić information content (AvgIpc) is 3.17. The van der Waals surface area contributed by atoms with E-state index in [2.05, 4.69) is 25.5 Å². The Balaban J connectivity index is 1.83. The molecule has 6 atom stereocenters. The molecule has 1 heterocycles. The van der Waals surface area contributed by atoms with Gasteiger partial charge in [0, 0.05) is 18.8 Å². The summed E-state index contributed by atoms with van der Waals surface area (Å²) in [5.74, 6) is 0.224. The van der Waals surface area contributed by atoms with Gasteiger partial charge in [0.05, 0.1) is 31.5 Å². The molecule has 1 saturated heterocycles. The van der Waals surface area contributed by atoms with Crippen molar-refractivity contribution in [3.8, 4) is 0 Å². The van der Waals surface area contributed by atoms with Crippen molar-refractivity contribution in [2.45, 2.75) is 103 Å². The zero-order valence-corrected chi connectivity index (χ0v) is 18.1. The minimum Gasteiger partial charge on any atom is -0.469 e. The van der Waals surface area contributed by atoms with E-state index >= 15 is 0 Å². The van der Waals surface area contributed by atoms with E-state index in [0.29, 0.717) is 18.8 Å². The van der Waals surface area contributed by atoms with Crippen LogP contribution in [0.2, 0.25) is 0 Å². The first-order valence-electron chi connectivity index (χ1n) is 11.0. The quantitative estimate of drug-likeness (QED) is 0.313. The van der Waals surface area contributed by atoms with E-state index in [4.69, 9.17) is 4.74 Å². The third-order valence-electron chi connectivity index (χ3n) is 6.67. The molecule has 1 aliphatic heterocycles. The molecule has 162 valence electrons. The number of aliphatic hydroxyl groups excluding tert-OH is 2. The van der Waals surface area contributed by atoms with E-state index in [-0.39, 0.29) is 29.5 Å². The van der Waals surface area contributed by atoms with Gasteiger partial charge >= 0.3 is 5.97 Å². The van der Waals surface area contributed by atoms with Gasteiger partial charge < -0.3 is 19.7 Å². The number of aliphatic hydroxyl groups is 2. The first-order chi connectivity index (χ1) is 13.3. The summed E-state index contributed by atoms with van der Waals surface area (Å²) in [5.41, 5.74) is -0.149. The van der Waals surface area contributed by atoms with Crippen LogP contribution in [0.1, 0.15) is 78.6 Å². The van der Waals surface area contributed by atoms with Gasteiger partial charge in [-0.3, -0.25) is 4.79 Å². The maximum absolute atomic E-state index is 11.2. The van der Waals surface area contributed by atoms with Crippen molar-refractivity contribution >= 4 is 5.97 Å². The highest BCUT2D eigenvalue weighted by Gasteiger charge is 2.47. The van der Waals surface area contributed by atoms with Crippen molar-refractivity contribution < 1.29 is 24.5 Å². The zero-order chi connectivity index (χ0) is 20.7. The molecule has 1 aliphatic carbocycles. The molecule has 2 fully saturated rings. The fourth-order valence-corrected chi connectivity index (χ4v) is 4.65. The Bertz CT molecular complexity index is 515. The standard InChI is InChI=1S/C23H40O5/c1-5-6-13-23(2,3)21(25)12-11-17-18-14-16(28-20(18)15-19(17)24)9-7-8-10-22(26)27-4/h11-12,16-21,24-25H,5-10,13-15H2,1-4H3/b12-11+/t16?,17-,18-,19-,20-,21-/m1/s1. The summed E-state index contributed by atoms with van der Waals surface area (Å²) in [6, 6.07) is 0. The van der Waals surface area contributed by atoms with Crippen molar-refractivity contribution in [1.82, 2.24) is 0 Å². The Morgan fingerprint density at radius 1 is 1.29 bits per heavy atom. The topological polar surface area (TPSA) is 76.0 Å². The van der Waals surface area contributed by atoms with E-state index in [1.807, 2.05) is 12.2 Å². The van der Waals surface area contributed by atoms with Crippen molar-refractivity contribution in [1.29, 1.82) is 0 Å². The first kappa shape index (κ1) is 23.4. The molecule has 1 unspecified atom stereocenters. The van der Waals surface area contributed by atoms with E-state index in [9.17, 15) is 15.0 Å². The lowest BCUT2D eigenvalue weighted by Crippen LogP contribution is -2.28. The largest absolute Gasteiger partial charge is 0.469 e. The molecule has 2 rings (SSSR count). The molecule has 5 nitrogen and oxygen atoms in total. The van der Waals surface area contributed by atoms with Gasteiger partial charge in [-0.25, -0.2) is 0 Å². The Morgan fingerprint density at radius 2 is 2.04 bits per heavy atom. The zero-order valence-electron chi connectivity index (χ0n) is 18.1. The summed E-state index contributed by atoms with van der Waals surface area (Å²) in [4.78, 5) is 11.2. The SMILES string of the molecule is CCCCC(C)(C)[C@H](O)/C=C/[C@@H]1[C@H]2CC(CCCCC(=O)OC)O[C@@H]2C[C@H]1O. The van der Waals surface area contributed by atoms with Crippen molar-refractivity contribution in [2.75, 3.05) is 7.11 Å². The molecule has 0 spiro atoms. The minimum absolute atomic E-state index is 0.0571. The monoisotopic (exact) mass is 396 g/mol. The smallest absolute Gasteiger partial charge is 0.305 e. The molecule has 0 bridgehead atoms. The highest BCUT2D eigenvalue weighted by Crippen LogP contribution is 2.45. The van der Waals surface area contributed by atoms with E-state index in [1.165, 1.54) is 7.11 Å². The molecule has 0 amide bonds. The highest BCUT2D eigenvalue weighted by molar-refractivity contribution is 5.68. The molecular formula is C23H40O5. The summed E-state index contributed by atoms with van der Waals surface area (Å²) in [6.45, 7) is 6.38. The molecule has 1 saturated carbocycles. The van der Waals surface area contributed by atoms with Crippen LogP contribution in [-0.2, 0) is 14.3 Å². The normalized spacial score (nSPS) is 31.3. The van der Waals surface area contributed by atoms with Crippen molar-refractivity contribution in [2.24, 2.45) is 17.3 Å². The van der Waals surface area contributed by atoms with Crippen LogP contribution in [0.3, 0.4) is 0 Å². The molecule has 0 aromatic carbocycles. The molecule has 0 radical (unpaired) electrons. The van der Waals surface area contributed by atoms with Gasteiger partial charge in [-0.2, -0.15) is 0 Å². The number of methoxy groups -OCH3 is 1. The number of unbranched alkanes of at least 4 members (excludes halogenated alkanes) is 2. The second-order valence-electron chi connectivity index (χ2n) is 9.32.